The molecule has 1 heterocycles. The molecule has 0 bridgehead atoms. The van der Waals surface area contributed by atoms with E-state index >= 15 is 0 Å². The summed E-state index contributed by atoms with van der Waals surface area (Å²) in [6.07, 6.45) is 1.53. The van der Waals surface area contributed by atoms with Crippen LogP contribution < -0.4 is 9.47 Å². The Labute approximate surface area is 197 Å². The van der Waals surface area contributed by atoms with Gasteiger partial charge in [-0.05, 0) is 69.5 Å². The maximum atomic E-state index is 14.0. The lowest BCUT2D eigenvalue weighted by molar-refractivity contribution is -0.129. The van der Waals surface area contributed by atoms with Crippen LogP contribution in [0.4, 0.5) is 4.39 Å². The number of cyclic esters (lactones) is 1. The lowest BCUT2D eigenvalue weighted by Crippen LogP contribution is -2.07. The molecule has 3 aromatic carbocycles. The molecule has 0 N–H and O–H groups in total. The van der Waals surface area contributed by atoms with Crippen molar-refractivity contribution in [2.45, 2.75) is 6.61 Å². The molecule has 5 nitrogen and oxygen atoms in total. The van der Waals surface area contributed by atoms with Crippen molar-refractivity contribution >= 4 is 45.5 Å². The summed E-state index contributed by atoms with van der Waals surface area (Å²) in [5.41, 5.74) is 1.69. The van der Waals surface area contributed by atoms with Crippen LogP contribution in [0.2, 0.25) is 5.02 Å². The van der Waals surface area contributed by atoms with Crippen LogP contribution >= 0.6 is 27.5 Å². The first-order valence-corrected chi connectivity index (χ1v) is 10.6. The number of carbonyl (C=O) groups excluding carboxylic acids is 1. The average Bonchev–Trinajstić information content (AvgIpc) is 3.13. The molecule has 4 rings (SSSR count). The third kappa shape index (κ3) is 4.84. The second kappa shape index (κ2) is 9.54. The Morgan fingerprint density at radius 1 is 1.16 bits per heavy atom. The molecule has 0 spiro atoms. The monoisotopic (exact) mass is 515 g/mol. The van der Waals surface area contributed by atoms with Gasteiger partial charge in [0.15, 0.2) is 17.2 Å². The molecule has 0 atom stereocenters. The summed E-state index contributed by atoms with van der Waals surface area (Å²) in [4.78, 5) is 16.4. The number of carbonyl (C=O) groups is 1. The SMILES string of the molecule is COc1cc(/C=C2\N=C(c3ccccc3F)OC2=O)cc(Br)c1OCc1cccc(Cl)c1. The molecule has 0 radical (unpaired) electrons. The van der Waals surface area contributed by atoms with Crippen molar-refractivity contribution in [1.82, 2.24) is 0 Å². The molecule has 0 aromatic heterocycles. The predicted octanol–water partition coefficient (Wildman–Crippen LogP) is 6.17. The van der Waals surface area contributed by atoms with Gasteiger partial charge in [0.1, 0.15) is 12.4 Å². The minimum atomic E-state index is -0.667. The Kier molecular flexibility index (Phi) is 6.58. The van der Waals surface area contributed by atoms with Crippen molar-refractivity contribution in [3.63, 3.8) is 0 Å². The fourth-order valence-corrected chi connectivity index (χ4v) is 3.85. The topological polar surface area (TPSA) is 57.1 Å². The maximum Gasteiger partial charge on any atom is 0.363 e. The number of halogens is 3. The molecule has 3 aromatic rings. The van der Waals surface area contributed by atoms with Crippen molar-refractivity contribution in [2.75, 3.05) is 7.11 Å². The van der Waals surface area contributed by atoms with Gasteiger partial charge in [0, 0.05) is 5.02 Å². The summed E-state index contributed by atoms with van der Waals surface area (Å²) >= 11 is 9.51. The highest BCUT2D eigenvalue weighted by molar-refractivity contribution is 9.10. The van der Waals surface area contributed by atoms with E-state index in [0.717, 1.165) is 5.56 Å². The Bertz CT molecular complexity index is 1260. The molecule has 32 heavy (non-hydrogen) atoms. The summed E-state index contributed by atoms with van der Waals surface area (Å²) in [5, 5.41) is 0.623. The number of esters is 1. The summed E-state index contributed by atoms with van der Waals surface area (Å²) in [6.45, 7) is 0.290. The minimum absolute atomic E-state index is 0.0461. The third-order valence-corrected chi connectivity index (χ3v) is 5.38. The molecule has 162 valence electrons. The third-order valence-electron chi connectivity index (χ3n) is 4.55. The van der Waals surface area contributed by atoms with Crippen molar-refractivity contribution < 1.29 is 23.4 Å². The highest BCUT2D eigenvalue weighted by Gasteiger charge is 2.26. The van der Waals surface area contributed by atoms with Crippen LogP contribution in [0.1, 0.15) is 16.7 Å². The van der Waals surface area contributed by atoms with E-state index in [1.165, 1.54) is 25.3 Å². The van der Waals surface area contributed by atoms with Gasteiger partial charge in [-0.25, -0.2) is 14.2 Å². The van der Waals surface area contributed by atoms with Gasteiger partial charge >= 0.3 is 5.97 Å². The van der Waals surface area contributed by atoms with E-state index in [2.05, 4.69) is 20.9 Å². The standard InChI is InChI=1S/C24H16BrClFNO4/c1-30-21-12-15(10-18(25)22(21)31-13-14-5-4-6-16(26)9-14)11-20-24(29)32-23(28-20)17-7-2-3-8-19(17)27/h2-12H,13H2,1H3/b20-11-. The average molecular weight is 517 g/mol. The Morgan fingerprint density at radius 2 is 1.97 bits per heavy atom. The number of aliphatic imine (C=N–C) groups is 1. The number of methoxy groups -OCH3 is 1. The fraction of sp³-hybridized carbons (Fsp3) is 0.0833. The zero-order valence-corrected chi connectivity index (χ0v) is 19.1. The Hall–Kier alpha value is -3.16. The normalized spacial score (nSPS) is 14.3. The van der Waals surface area contributed by atoms with Crippen LogP contribution in [0.15, 0.2) is 75.8 Å². The van der Waals surface area contributed by atoms with Gasteiger partial charge in [-0.2, -0.15) is 0 Å². The van der Waals surface area contributed by atoms with Crippen LogP contribution in [0.3, 0.4) is 0 Å². The van der Waals surface area contributed by atoms with Crippen LogP contribution in [0.5, 0.6) is 11.5 Å². The van der Waals surface area contributed by atoms with E-state index in [0.29, 0.717) is 33.2 Å². The summed E-state index contributed by atoms with van der Waals surface area (Å²) in [6, 6.07) is 16.8. The van der Waals surface area contributed by atoms with Gasteiger partial charge in [-0.15, -0.1) is 0 Å². The number of rotatable bonds is 6. The lowest BCUT2D eigenvalue weighted by atomic mass is 10.1. The zero-order valence-electron chi connectivity index (χ0n) is 16.8. The first-order chi connectivity index (χ1) is 15.4. The van der Waals surface area contributed by atoms with E-state index in [-0.39, 0.29) is 17.2 Å². The number of nitrogens with zero attached hydrogens (tertiary/aromatic N) is 1. The van der Waals surface area contributed by atoms with Gasteiger partial charge in [0.2, 0.25) is 5.90 Å². The first kappa shape index (κ1) is 22.0. The number of hydrogen-bond donors (Lipinski definition) is 0. The van der Waals surface area contributed by atoms with Crippen LogP contribution in [0, 0.1) is 5.82 Å². The van der Waals surface area contributed by atoms with Crippen LogP contribution in [0.25, 0.3) is 6.08 Å². The highest BCUT2D eigenvalue weighted by atomic mass is 79.9. The van der Waals surface area contributed by atoms with E-state index in [1.54, 1.807) is 30.3 Å². The molecule has 1 aliphatic rings. The quantitative estimate of drug-likeness (QED) is 0.290. The summed E-state index contributed by atoms with van der Waals surface area (Å²) in [7, 11) is 1.52. The van der Waals surface area contributed by atoms with Crippen molar-refractivity contribution in [3.05, 3.63) is 98.4 Å². The van der Waals surface area contributed by atoms with E-state index < -0.39 is 11.8 Å². The largest absolute Gasteiger partial charge is 0.493 e. The molecule has 0 saturated heterocycles. The predicted molar refractivity (Wildman–Crippen MR) is 123 cm³/mol. The van der Waals surface area contributed by atoms with E-state index in [9.17, 15) is 9.18 Å². The number of hydrogen-bond acceptors (Lipinski definition) is 5. The number of benzene rings is 3. The van der Waals surface area contributed by atoms with E-state index in [4.69, 9.17) is 25.8 Å². The van der Waals surface area contributed by atoms with Gasteiger partial charge in [-0.3, -0.25) is 0 Å². The van der Waals surface area contributed by atoms with Crippen LogP contribution in [-0.2, 0) is 16.1 Å². The second-order valence-corrected chi connectivity index (χ2v) is 8.06. The van der Waals surface area contributed by atoms with Crippen molar-refractivity contribution in [3.8, 4) is 11.5 Å². The van der Waals surface area contributed by atoms with E-state index in [1.807, 2.05) is 18.2 Å². The van der Waals surface area contributed by atoms with Gasteiger partial charge in [0.05, 0.1) is 17.1 Å². The Morgan fingerprint density at radius 3 is 2.72 bits per heavy atom. The molecule has 0 unspecified atom stereocenters. The lowest BCUT2D eigenvalue weighted by Gasteiger charge is -2.14. The summed E-state index contributed by atoms with van der Waals surface area (Å²) < 4.78 is 31.2. The molecule has 0 fully saturated rings. The molecule has 8 heteroatoms. The first-order valence-electron chi connectivity index (χ1n) is 9.47. The fourth-order valence-electron chi connectivity index (χ4n) is 3.06. The van der Waals surface area contributed by atoms with Gasteiger partial charge in [-0.1, -0.05) is 35.9 Å². The molecular formula is C24H16BrClFNO4. The van der Waals surface area contributed by atoms with Gasteiger partial charge < -0.3 is 14.2 Å². The van der Waals surface area contributed by atoms with Crippen molar-refractivity contribution in [1.29, 1.82) is 0 Å². The zero-order chi connectivity index (χ0) is 22.7. The van der Waals surface area contributed by atoms with Crippen molar-refractivity contribution in [2.24, 2.45) is 4.99 Å². The molecule has 0 amide bonds. The minimum Gasteiger partial charge on any atom is -0.493 e. The molecule has 1 aliphatic heterocycles. The maximum absolute atomic E-state index is 14.0. The summed E-state index contributed by atoms with van der Waals surface area (Å²) in [5.74, 6) is -0.311. The molecule has 0 saturated carbocycles. The molecular weight excluding hydrogens is 501 g/mol. The highest BCUT2D eigenvalue weighted by Crippen LogP contribution is 2.38. The number of ether oxygens (including phenoxy) is 3. The van der Waals surface area contributed by atoms with Gasteiger partial charge in [0.25, 0.3) is 0 Å². The smallest absolute Gasteiger partial charge is 0.363 e. The second-order valence-electron chi connectivity index (χ2n) is 6.77. The molecule has 0 aliphatic carbocycles. The van der Waals surface area contributed by atoms with Crippen LogP contribution in [-0.4, -0.2) is 19.0 Å². The Balaban J connectivity index is 1.60.